The first kappa shape index (κ1) is 16.2. The number of likely N-dealkylation sites (tertiary alicyclic amines) is 1. The molecular weight excluding hydrogens is 296 g/mol. The minimum Gasteiger partial charge on any atom is -0.480 e. The van der Waals surface area contributed by atoms with E-state index in [2.05, 4.69) is 0 Å². The summed E-state index contributed by atoms with van der Waals surface area (Å²) in [5.41, 5.74) is 0. The highest BCUT2D eigenvalue weighted by molar-refractivity contribution is 7.88. The van der Waals surface area contributed by atoms with E-state index in [0.29, 0.717) is 25.9 Å². The summed E-state index contributed by atoms with van der Waals surface area (Å²) in [6, 6.07) is -1.57. The van der Waals surface area contributed by atoms with Crippen LogP contribution in [0.15, 0.2) is 0 Å². The molecule has 2 fully saturated rings. The number of nitrogens with zero attached hydrogens (tertiary/aromatic N) is 2. The highest BCUT2D eigenvalue weighted by Gasteiger charge is 2.41. The van der Waals surface area contributed by atoms with Crippen LogP contribution in [0.25, 0.3) is 0 Å². The highest BCUT2D eigenvalue weighted by Crippen LogP contribution is 2.25. The van der Waals surface area contributed by atoms with E-state index in [-0.39, 0.29) is 5.91 Å². The molecule has 0 aromatic heterocycles. The van der Waals surface area contributed by atoms with Crippen LogP contribution in [0.4, 0.5) is 0 Å². The summed E-state index contributed by atoms with van der Waals surface area (Å²) < 4.78 is 24.9. The second-order valence-corrected chi connectivity index (χ2v) is 7.70. The van der Waals surface area contributed by atoms with E-state index in [9.17, 15) is 23.1 Å². The van der Waals surface area contributed by atoms with Gasteiger partial charge < -0.3 is 10.0 Å². The number of aliphatic carboxylic acids is 1. The van der Waals surface area contributed by atoms with Gasteiger partial charge in [0.2, 0.25) is 15.9 Å². The maximum Gasteiger partial charge on any atom is 0.326 e. The summed E-state index contributed by atoms with van der Waals surface area (Å²) >= 11 is 0. The van der Waals surface area contributed by atoms with Gasteiger partial charge in [0.05, 0.1) is 6.26 Å². The van der Waals surface area contributed by atoms with Crippen molar-refractivity contribution in [1.82, 2.24) is 9.21 Å². The van der Waals surface area contributed by atoms with Crippen LogP contribution in [0.5, 0.6) is 0 Å². The van der Waals surface area contributed by atoms with E-state index in [1.807, 2.05) is 0 Å². The SMILES string of the molecule is CS(=O)(=O)N1CCCCC1C(=O)N1CCCC[C@H]1C(=O)O. The molecule has 0 bridgehead atoms. The topological polar surface area (TPSA) is 95.0 Å². The van der Waals surface area contributed by atoms with Gasteiger partial charge in [-0.2, -0.15) is 4.31 Å². The molecule has 2 rings (SSSR count). The Morgan fingerprint density at radius 3 is 2.14 bits per heavy atom. The van der Waals surface area contributed by atoms with Crippen molar-refractivity contribution >= 4 is 21.9 Å². The number of piperidine rings is 2. The lowest BCUT2D eigenvalue weighted by Gasteiger charge is -2.39. The number of hydrogen-bond donors (Lipinski definition) is 1. The van der Waals surface area contributed by atoms with Crippen molar-refractivity contribution in [2.24, 2.45) is 0 Å². The molecule has 0 aliphatic carbocycles. The van der Waals surface area contributed by atoms with Crippen molar-refractivity contribution in [2.45, 2.75) is 50.6 Å². The van der Waals surface area contributed by atoms with Gasteiger partial charge in [0, 0.05) is 13.1 Å². The molecule has 1 unspecified atom stereocenters. The summed E-state index contributed by atoms with van der Waals surface area (Å²) in [5.74, 6) is -1.36. The molecule has 0 radical (unpaired) electrons. The molecule has 2 saturated heterocycles. The molecule has 2 aliphatic heterocycles. The monoisotopic (exact) mass is 318 g/mol. The Labute approximate surface area is 125 Å². The second-order valence-electron chi connectivity index (χ2n) is 5.77. The molecule has 7 nitrogen and oxygen atoms in total. The average Bonchev–Trinajstić information content (AvgIpc) is 2.45. The number of carboxylic acid groups (broad SMARTS) is 1. The average molecular weight is 318 g/mol. The number of carbonyl (C=O) groups excluding carboxylic acids is 1. The first-order chi connectivity index (χ1) is 9.82. The summed E-state index contributed by atoms with van der Waals surface area (Å²) in [6.07, 6.45) is 5.07. The van der Waals surface area contributed by atoms with Crippen LogP contribution in [0, 0.1) is 0 Å². The van der Waals surface area contributed by atoms with Gasteiger partial charge in [-0.05, 0) is 32.1 Å². The molecule has 2 heterocycles. The lowest BCUT2D eigenvalue weighted by atomic mass is 9.98. The number of carbonyl (C=O) groups is 2. The molecule has 8 heteroatoms. The van der Waals surface area contributed by atoms with Crippen molar-refractivity contribution in [3.8, 4) is 0 Å². The predicted octanol–water partition coefficient (Wildman–Crippen LogP) is 0.266. The number of amides is 1. The lowest BCUT2D eigenvalue weighted by molar-refractivity contribution is -0.154. The van der Waals surface area contributed by atoms with E-state index in [1.54, 1.807) is 0 Å². The van der Waals surface area contributed by atoms with Crippen LogP contribution in [0.2, 0.25) is 0 Å². The zero-order valence-electron chi connectivity index (χ0n) is 12.2. The quantitative estimate of drug-likeness (QED) is 0.806. The fourth-order valence-electron chi connectivity index (χ4n) is 3.19. The molecule has 1 amide bonds. The normalized spacial score (nSPS) is 28.3. The number of sulfonamides is 1. The van der Waals surface area contributed by atoms with Crippen molar-refractivity contribution in [2.75, 3.05) is 19.3 Å². The predicted molar refractivity (Wildman–Crippen MR) is 76.2 cm³/mol. The zero-order chi connectivity index (χ0) is 15.6. The molecule has 2 atom stereocenters. The van der Waals surface area contributed by atoms with Gasteiger partial charge in [-0.3, -0.25) is 4.79 Å². The van der Waals surface area contributed by atoms with Crippen molar-refractivity contribution in [3.63, 3.8) is 0 Å². The Kier molecular flexibility index (Phi) is 4.88. The molecule has 0 aromatic rings. The fraction of sp³-hybridized carbons (Fsp3) is 0.846. The van der Waals surface area contributed by atoms with Crippen LogP contribution in [0.3, 0.4) is 0 Å². The van der Waals surface area contributed by atoms with Crippen LogP contribution >= 0.6 is 0 Å². The maximum absolute atomic E-state index is 12.7. The number of carboxylic acids is 1. The Morgan fingerprint density at radius 1 is 1.00 bits per heavy atom. The zero-order valence-corrected chi connectivity index (χ0v) is 13.0. The summed E-state index contributed by atoms with van der Waals surface area (Å²) in [5, 5.41) is 9.26. The van der Waals surface area contributed by atoms with Gasteiger partial charge in [-0.25, -0.2) is 13.2 Å². The van der Waals surface area contributed by atoms with Crippen LogP contribution in [-0.2, 0) is 19.6 Å². The summed E-state index contributed by atoms with van der Waals surface area (Å²) in [7, 11) is -3.46. The lowest BCUT2D eigenvalue weighted by Crippen LogP contribution is -2.57. The number of hydrogen-bond acceptors (Lipinski definition) is 4. The number of rotatable bonds is 3. The van der Waals surface area contributed by atoms with Gasteiger partial charge in [0.25, 0.3) is 0 Å². The minimum absolute atomic E-state index is 0.334. The first-order valence-electron chi connectivity index (χ1n) is 7.32. The smallest absolute Gasteiger partial charge is 0.326 e. The fourth-order valence-corrected chi connectivity index (χ4v) is 4.31. The molecule has 1 N–H and O–H groups in total. The summed E-state index contributed by atoms with van der Waals surface area (Å²) in [6.45, 7) is 0.727. The van der Waals surface area contributed by atoms with Gasteiger partial charge >= 0.3 is 5.97 Å². The third kappa shape index (κ3) is 3.55. The van der Waals surface area contributed by atoms with Gasteiger partial charge in [0.15, 0.2) is 0 Å². The second kappa shape index (κ2) is 6.31. The van der Waals surface area contributed by atoms with E-state index in [1.165, 1.54) is 9.21 Å². The Bertz CT molecular complexity index is 519. The van der Waals surface area contributed by atoms with Gasteiger partial charge in [-0.1, -0.05) is 6.42 Å². The van der Waals surface area contributed by atoms with Crippen LogP contribution in [-0.4, -0.2) is 66.0 Å². The molecule has 0 saturated carbocycles. The first-order valence-corrected chi connectivity index (χ1v) is 9.17. The van der Waals surface area contributed by atoms with Gasteiger partial charge in [0.1, 0.15) is 12.1 Å². The molecule has 0 aromatic carbocycles. The molecule has 0 spiro atoms. The van der Waals surface area contributed by atoms with E-state index >= 15 is 0 Å². The van der Waals surface area contributed by atoms with Crippen molar-refractivity contribution < 1.29 is 23.1 Å². The molecular formula is C13H22N2O5S. The Balaban J connectivity index is 2.21. The highest BCUT2D eigenvalue weighted by atomic mass is 32.2. The Morgan fingerprint density at radius 2 is 1.57 bits per heavy atom. The third-order valence-corrected chi connectivity index (χ3v) is 5.52. The molecule has 120 valence electrons. The van der Waals surface area contributed by atoms with E-state index in [0.717, 1.165) is 31.9 Å². The third-order valence-electron chi connectivity index (χ3n) is 4.24. The largest absolute Gasteiger partial charge is 0.480 e. The van der Waals surface area contributed by atoms with Crippen molar-refractivity contribution in [3.05, 3.63) is 0 Å². The van der Waals surface area contributed by atoms with Crippen molar-refractivity contribution in [1.29, 1.82) is 0 Å². The van der Waals surface area contributed by atoms with Crippen LogP contribution in [0.1, 0.15) is 38.5 Å². The molecule has 2 aliphatic rings. The maximum atomic E-state index is 12.7. The standard InChI is InChI=1S/C13H22N2O5S/c1-21(19,20)15-9-5-3-6-10(15)12(16)14-8-4-2-7-11(14)13(17)18/h10-11H,2-9H2,1H3,(H,17,18)/t10?,11-/m0/s1. The van der Waals surface area contributed by atoms with Crippen LogP contribution < -0.4 is 0 Å². The molecule has 21 heavy (non-hydrogen) atoms. The Hall–Kier alpha value is -1.15. The van der Waals surface area contributed by atoms with Gasteiger partial charge in [-0.15, -0.1) is 0 Å². The summed E-state index contributed by atoms with van der Waals surface area (Å²) in [4.78, 5) is 25.3. The van der Waals surface area contributed by atoms with E-state index in [4.69, 9.17) is 0 Å². The minimum atomic E-state index is -3.46. The van der Waals surface area contributed by atoms with E-state index < -0.39 is 28.1 Å².